The number of esters is 2. The number of hydrogen-bond donors (Lipinski definition) is 2. The van der Waals surface area contributed by atoms with Crippen LogP contribution in [0.5, 0.6) is 23.0 Å². The Balaban J connectivity index is 1.15. The maximum atomic E-state index is 14.5. The molecular weight excluding hydrogens is 781 g/mol. The average molecular weight is 833 g/mol. The predicted octanol–water partition coefficient (Wildman–Crippen LogP) is 8.54. The molecule has 0 saturated carbocycles. The van der Waals surface area contributed by atoms with Crippen molar-refractivity contribution in [3.05, 3.63) is 166 Å². The third-order valence-electron chi connectivity index (χ3n) is 12.0. The molecule has 2 heterocycles. The van der Waals surface area contributed by atoms with Crippen LogP contribution in [0.1, 0.15) is 44.5 Å². The Morgan fingerprint density at radius 3 is 1.10 bits per heavy atom. The molecule has 0 aliphatic carbocycles. The first kappa shape index (κ1) is 42.1. The zero-order chi connectivity index (χ0) is 43.4. The maximum absolute atomic E-state index is 14.5. The molecule has 2 N–H and O–H groups in total. The molecule has 2 aliphatic heterocycles. The summed E-state index contributed by atoms with van der Waals surface area (Å²) in [5, 5.41) is 6.98. The first-order chi connectivity index (χ1) is 30.1. The summed E-state index contributed by atoms with van der Waals surface area (Å²) < 4.78 is 35.7. The number of nitrogens with one attached hydrogen (secondary N) is 2. The van der Waals surface area contributed by atoms with Gasteiger partial charge in [0.2, 0.25) is 0 Å². The van der Waals surface area contributed by atoms with Crippen molar-refractivity contribution in [1.82, 2.24) is 10.6 Å². The lowest BCUT2D eigenvalue weighted by molar-refractivity contribution is -0.193. The molecule has 0 bridgehead atoms. The van der Waals surface area contributed by atoms with Crippen LogP contribution in [0.3, 0.4) is 0 Å². The third-order valence-corrected chi connectivity index (χ3v) is 12.0. The van der Waals surface area contributed by atoms with Gasteiger partial charge < -0.3 is 28.4 Å². The van der Waals surface area contributed by atoms with Gasteiger partial charge in [0, 0.05) is 37.1 Å². The van der Waals surface area contributed by atoms with Crippen LogP contribution in [-0.4, -0.2) is 53.5 Å². The van der Waals surface area contributed by atoms with Gasteiger partial charge in [0.15, 0.2) is 34.4 Å². The van der Waals surface area contributed by atoms with Crippen LogP contribution < -0.4 is 29.6 Å². The largest absolute Gasteiger partial charge is 0.493 e. The van der Waals surface area contributed by atoms with Gasteiger partial charge in [0.25, 0.3) is 0 Å². The van der Waals surface area contributed by atoms with Gasteiger partial charge in [-0.25, -0.2) is 9.59 Å². The van der Waals surface area contributed by atoms with E-state index in [1.54, 1.807) is 28.4 Å². The number of methoxy groups -OCH3 is 4. The van der Waals surface area contributed by atoms with Gasteiger partial charge in [0.1, 0.15) is 0 Å². The minimum Gasteiger partial charge on any atom is -0.493 e. The van der Waals surface area contributed by atoms with Gasteiger partial charge in [-0.3, -0.25) is 10.6 Å². The Bertz CT molecular complexity index is 2390. The summed E-state index contributed by atoms with van der Waals surface area (Å²) in [5.41, 5.74) is 8.59. The SMILES string of the molecule is COc1cc2c(cc1OC)C(Cc1ccc(-c3ccc(C)cc3)cc1)(OC(=O)C(=O)OC1(Cc3ccc(-c4ccc(C)cc4)cc3)NCCc3cc(OC)c(OC)cc31)NCC2. The Kier molecular flexibility index (Phi) is 12.1. The lowest BCUT2D eigenvalue weighted by Crippen LogP contribution is -2.55. The van der Waals surface area contributed by atoms with E-state index in [0.717, 1.165) is 44.5 Å². The molecule has 62 heavy (non-hydrogen) atoms. The van der Waals surface area contributed by atoms with Crippen LogP contribution in [0, 0.1) is 13.8 Å². The Hall–Kier alpha value is -6.62. The molecule has 318 valence electrons. The topological polar surface area (TPSA) is 114 Å². The zero-order valence-corrected chi connectivity index (χ0v) is 36.1. The number of aryl methyl sites for hydroxylation is 2. The Morgan fingerprint density at radius 1 is 0.468 bits per heavy atom. The Labute approximate surface area is 363 Å². The fourth-order valence-corrected chi connectivity index (χ4v) is 8.66. The van der Waals surface area contributed by atoms with Gasteiger partial charge in [-0.1, -0.05) is 108 Å². The highest BCUT2D eigenvalue weighted by atomic mass is 16.6. The highest BCUT2D eigenvalue weighted by Gasteiger charge is 2.47. The van der Waals surface area contributed by atoms with Crippen molar-refractivity contribution in [3.8, 4) is 45.3 Å². The summed E-state index contributed by atoms with van der Waals surface area (Å²) in [5.74, 6) is -0.268. The molecule has 6 aromatic rings. The lowest BCUT2D eigenvalue weighted by Gasteiger charge is -2.41. The molecule has 2 unspecified atom stereocenters. The van der Waals surface area contributed by atoms with E-state index in [0.29, 0.717) is 60.1 Å². The monoisotopic (exact) mass is 832 g/mol. The van der Waals surface area contributed by atoms with Gasteiger partial charge in [-0.15, -0.1) is 0 Å². The number of carbonyl (C=O) groups excluding carboxylic acids is 2. The van der Waals surface area contributed by atoms with Crippen LogP contribution in [0.4, 0.5) is 0 Å². The van der Waals surface area contributed by atoms with E-state index >= 15 is 0 Å². The quantitative estimate of drug-likeness (QED) is 0.0919. The van der Waals surface area contributed by atoms with Gasteiger partial charge >= 0.3 is 11.9 Å². The molecule has 2 aliphatic rings. The van der Waals surface area contributed by atoms with Crippen molar-refractivity contribution in [3.63, 3.8) is 0 Å². The van der Waals surface area contributed by atoms with E-state index in [9.17, 15) is 9.59 Å². The molecule has 8 rings (SSSR count). The van der Waals surface area contributed by atoms with E-state index in [1.165, 1.54) is 11.1 Å². The molecule has 0 fully saturated rings. The average Bonchev–Trinajstić information content (AvgIpc) is 3.29. The predicted molar refractivity (Wildman–Crippen MR) is 239 cm³/mol. The zero-order valence-electron chi connectivity index (χ0n) is 36.1. The normalized spacial score (nSPS) is 17.8. The van der Waals surface area contributed by atoms with E-state index in [-0.39, 0.29) is 12.8 Å². The fourth-order valence-electron chi connectivity index (χ4n) is 8.66. The minimum absolute atomic E-state index is 0.208. The number of hydrogen-bond acceptors (Lipinski definition) is 10. The number of ether oxygens (including phenoxy) is 6. The van der Waals surface area contributed by atoms with Crippen LogP contribution in [0.25, 0.3) is 22.3 Å². The summed E-state index contributed by atoms with van der Waals surface area (Å²) in [6.45, 7) is 5.05. The lowest BCUT2D eigenvalue weighted by atomic mass is 9.85. The van der Waals surface area contributed by atoms with Crippen molar-refractivity contribution in [2.45, 2.75) is 51.0 Å². The van der Waals surface area contributed by atoms with Gasteiger partial charge in [-0.05, 0) is 95.5 Å². The molecule has 2 atom stereocenters. The first-order valence-corrected chi connectivity index (χ1v) is 20.8. The van der Waals surface area contributed by atoms with E-state index < -0.39 is 23.4 Å². The number of benzene rings is 6. The fraction of sp³-hybridized carbons (Fsp3) is 0.269. The van der Waals surface area contributed by atoms with Gasteiger partial charge in [-0.2, -0.15) is 0 Å². The van der Waals surface area contributed by atoms with Crippen LogP contribution in [-0.2, 0) is 56.2 Å². The molecule has 0 amide bonds. The summed E-state index contributed by atoms with van der Waals surface area (Å²) in [4.78, 5) is 29.0. The second-order valence-electron chi connectivity index (χ2n) is 16.0. The highest BCUT2D eigenvalue weighted by Crippen LogP contribution is 2.43. The summed E-state index contributed by atoms with van der Waals surface area (Å²) >= 11 is 0. The van der Waals surface area contributed by atoms with Crippen molar-refractivity contribution in [1.29, 1.82) is 0 Å². The van der Waals surface area contributed by atoms with Crippen molar-refractivity contribution < 1.29 is 38.0 Å². The van der Waals surface area contributed by atoms with Crippen LogP contribution in [0.15, 0.2) is 121 Å². The van der Waals surface area contributed by atoms with Crippen LogP contribution >= 0.6 is 0 Å². The Morgan fingerprint density at radius 2 is 0.774 bits per heavy atom. The molecule has 6 aromatic carbocycles. The standard InChI is InChI=1S/C52H52N2O8/c1-33-7-15-37(16-8-33)39-19-11-35(12-20-39)31-51(43-29-47(59-5)45(57-3)27-41(43)23-25-53-51)61-49(55)50(56)62-52(44-30-48(60-6)46(58-4)28-42(44)24-26-54-52)32-36-13-21-40(22-14-36)38-17-9-34(2)10-18-38/h7-22,27-30,53-54H,23-26,31-32H2,1-6H3. The minimum atomic E-state index is -1.47. The maximum Gasteiger partial charge on any atom is 0.419 e. The summed E-state index contributed by atoms with van der Waals surface area (Å²) in [6, 6.07) is 40.4. The van der Waals surface area contributed by atoms with E-state index in [1.807, 2.05) is 48.5 Å². The van der Waals surface area contributed by atoms with Crippen molar-refractivity contribution in [2.75, 3.05) is 41.5 Å². The van der Waals surface area contributed by atoms with E-state index in [4.69, 9.17) is 28.4 Å². The van der Waals surface area contributed by atoms with Crippen molar-refractivity contribution in [2.24, 2.45) is 0 Å². The number of fused-ring (bicyclic) bond motifs is 2. The van der Waals surface area contributed by atoms with E-state index in [2.05, 4.69) is 97.3 Å². The molecule has 0 saturated heterocycles. The van der Waals surface area contributed by atoms with Gasteiger partial charge in [0.05, 0.1) is 28.4 Å². The smallest absolute Gasteiger partial charge is 0.419 e. The number of rotatable bonds is 12. The highest BCUT2D eigenvalue weighted by molar-refractivity contribution is 6.30. The first-order valence-electron chi connectivity index (χ1n) is 20.8. The van der Waals surface area contributed by atoms with Crippen LogP contribution in [0.2, 0.25) is 0 Å². The third kappa shape index (κ3) is 8.48. The second kappa shape index (κ2) is 17.8. The number of carbonyl (C=O) groups is 2. The molecule has 10 nitrogen and oxygen atoms in total. The summed E-state index contributed by atoms with van der Waals surface area (Å²) in [7, 11) is 6.29. The molecular formula is C52H52N2O8. The molecule has 10 heteroatoms. The second-order valence-corrected chi connectivity index (χ2v) is 16.0. The van der Waals surface area contributed by atoms with Crippen molar-refractivity contribution >= 4 is 11.9 Å². The molecule has 0 radical (unpaired) electrons. The molecule has 0 spiro atoms. The molecule has 0 aromatic heterocycles. The summed E-state index contributed by atoms with van der Waals surface area (Å²) in [6.07, 6.45) is 1.67.